The summed E-state index contributed by atoms with van der Waals surface area (Å²) < 4.78 is 0. The average Bonchev–Trinajstić information content (AvgIpc) is 1.25. The van der Waals surface area contributed by atoms with Crippen LogP contribution in [-0.2, 0) is 21.7 Å². The van der Waals surface area contributed by atoms with Gasteiger partial charge in [-0.2, -0.15) is 0 Å². The van der Waals surface area contributed by atoms with Crippen LogP contribution < -0.4 is 0 Å². The molecule has 0 heterocycles. The topological polar surface area (TPSA) is 23.8 Å². The van der Waals surface area contributed by atoms with Gasteiger partial charge in [-0.1, -0.05) is 40.0 Å². The summed E-state index contributed by atoms with van der Waals surface area (Å²) in [7, 11) is 0. The van der Waals surface area contributed by atoms with Crippen LogP contribution in [0.25, 0.3) is 5.73 Å². The standard InChI is InChI=1S/C7H16N.Ti/c1-6(2,3)7(4,5)8;/h8H,1-5H3;/q-1;. The first-order chi connectivity index (χ1) is 3.25. The first-order valence-corrected chi connectivity index (χ1v) is 3.00. The Bertz CT molecular complexity index is 63.9. The largest absolute Gasteiger partial charge is 0.672 e. The molecule has 9 heavy (non-hydrogen) atoms. The second kappa shape index (κ2) is 3.18. The summed E-state index contributed by atoms with van der Waals surface area (Å²) >= 11 is 0. The molecule has 0 spiro atoms. The molecule has 54 valence electrons. The van der Waals surface area contributed by atoms with E-state index in [-0.39, 0.29) is 32.7 Å². The van der Waals surface area contributed by atoms with Crippen LogP contribution in [0, 0.1) is 5.41 Å². The van der Waals surface area contributed by atoms with Crippen LogP contribution in [-0.4, -0.2) is 5.54 Å². The number of hydrogen-bond acceptors (Lipinski definition) is 0. The van der Waals surface area contributed by atoms with E-state index in [4.69, 9.17) is 5.73 Å². The van der Waals surface area contributed by atoms with E-state index in [1.807, 2.05) is 13.8 Å². The van der Waals surface area contributed by atoms with Crippen molar-refractivity contribution in [1.29, 1.82) is 0 Å². The Morgan fingerprint density at radius 1 is 0.889 bits per heavy atom. The quantitative estimate of drug-likeness (QED) is 0.489. The van der Waals surface area contributed by atoms with Crippen molar-refractivity contribution in [3.05, 3.63) is 5.73 Å². The van der Waals surface area contributed by atoms with E-state index < -0.39 is 0 Å². The Labute approximate surface area is 73.3 Å². The number of hydrogen-bond donors (Lipinski definition) is 0. The summed E-state index contributed by atoms with van der Waals surface area (Å²) in [6, 6.07) is 0. The van der Waals surface area contributed by atoms with Crippen LogP contribution in [0.2, 0.25) is 0 Å². The zero-order valence-electron chi connectivity index (χ0n) is 7.00. The maximum Gasteiger partial charge on any atom is 0 e. The molecule has 0 aliphatic rings. The summed E-state index contributed by atoms with van der Waals surface area (Å²) in [4.78, 5) is 0. The van der Waals surface area contributed by atoms with Gasteiger partial charge in [0, 0.05) is 21.7 Å². The molecule has 0 bridgehead atoms. The van der Waals surface area contributed by atoms with Gasteiger partial charge in [-0.25, -0.2) is 0 Å². The molecule has 0 radical (unpaired) electrons. The third-order valence-corrected chi connectivity index (χ3v) is 1.88. The van der Waals surface area contributed by atoms with Crippen LogP contribution >= 0.6 is 0 Å². The van der Waals surface area contributed by atoms with Gasteiger partial charge in [0.15, 0.2) is 0 Å². The number of rotatable bonds is 0. The van der Waals surface area contributed by atoms with Gasteiger partial charge >= 0.3 is 0 Å². The molecule has 2 heteroatoms. The van der Waals surface area contributed by atoms with Crippen molar-refractivity contribution in [1.82, 2.24) is 0 Å². The van der Waals surface area contributed by atoms with E-state index >= 15 is 0 Å². The number of nitrogens with one attached hydrogen (secondary N) is 1. The Kier molecular flexibility index (Phi) is 4.37. The van der Waals surface area contributed by atoms with E-state index in [0.717, 1.165) is 0 Å². The van der Waals surface area contributed by atoms with E-state index in [0.29, 0.717) is 0 Å². The fourth-order valence-electron chi connectivity index (χ4n) is 0. The van der Waals surface area contributed by atoms with Crippen molar-refractivity contribution in [3.8, 4) is 0 Å². The van der Waals surface area contributed by atoms with E-state index in [1.165, 1.54) is 0 Å². The molecular weight excluding hydrogens is 146 g/mol. The summed E-state index contributed by atoms with van der Waals surface area (Å²) in [5.41, 5.74) is 7.38. The smallest absolute Gasteiger partial charge is 0 e. The molecule has 0 rings (SSSR count). The fraction of sp³-hybridized carbons (Fsp3) is 1.00. The van der Waals surface area contributed by atoms with Gasteiger partial charge in [0.1, 0.15) is 0 Å². The van der Waals surface area contributed by atoms with Gasteiger partial charge in [0.25, 0.3) is 0 Å². The second-order valence-corrected chi connectivity index (χ2v) is 3.88. The van der Waals surface area contributed by atoms with E-state index in [9.17, 15) is 0 Å². The molecule has 0 fully saturated rings. The Morgan fingerprint density at radius 3 is 1.00 bits per heavy atom. The Hall–Kier alpha value is 0.674. The molecule has 0 aromatic rings. The summed E-state index contributed by atoms with van der Waals surface area (Å²) in [5, 5.41) is 0. The molecule has 0 unspecified atom stereocenters. The van der Waals surface area contributed by atoms with Gasteiger partial charge < -0.3 is 5.73 Å². The molecule has 0 saturated carbocycles. The predicted molar refractivity (Wildman–Crippen MR) is 37.9 cm³/mol. The van der Waals surface area contributed by atoms with Crippen LogP contribution in [0.5, 0.6) is 0 Å². The molecule has 0 aliphatic heterocycles. The van der Waals surface area contributed by atoms with E-state index in [1.54, 1.807) is 0 Å². The van der Waals surface area contributed by atoms with Crippen molar-refractivity contribution in [3.63, 3.8) is 0 Å². The summed E-state index contributed by atoms with van der Waals surface area (Å²) in [6.45, 7) is 10.1. The molecule has 1 nitrogen and oxygen atoms in total. The fourth-order valence-corrected chi connectivity index (χ4v) is 0. The maximum absolute atomic E-state index is 7.58. The van der Waals surface area contributed by atoms with E-state index in [2.05, 4.69) is 20.8 Å². The monoisotopic (exact) mass is 162 g/mol. The molecular formula is C7H16NTi-. The molecule has 0 aromatic carbocycles. The van der Waals surface area contributed by atoms with Crippen molar-refractivity contribution >= 4 is 0 Å². The molecule has 0 aliphatic carbocycles. The molecule has 0 aromatic heterocycles. The Balaban J connectivity index is 0. The third kappa shape index (κ3) is 4.13. The van der Waals surface area contributed by atoms with Gasteiger partial charge in [0.2, 0.25) is 0 Å². The zero-order chi connectivity index (χ0) is 7.00. The van der Waals surface area contributed by atoms with Gasteiger partial charge in [0.05, 0.1) is 0 Å². The Morgan fingerprint density at radius 2 is 1.00 bits per heavy atom. The zero-order valence-corrected chi connectivity index (χ0v) is 8.56. The molecule has 0 amide bonds. The third-order valence-electron chi connectivity index (χ3n) is 1.88. The van der Waals surface area contributed by atoms with Crippen molar-refractivity contribution < 1.29 is 21.7 Å². The first-order valence-electron chi connectivity index (χ1n) is 3.00. The van der Waals surface area contributed by atoms with Crippen molar-refractivity contribution in [2.75, 3.05) is 0 Å². The van der Waals surface area contributed by atoms with Crippen molar-refractivity contribution in [2.45, 2.75) is 40.2 Å². The van der Waals surface area contributed by atoms with Crippen molar-refractivity contribution in [2.24, 2.45) is 5.41 Å². The summed E-state index contributed by atoms with van der Waals surface area (Å²) in [5.74, 6) is 0. The van der Waals surface area contributed by atoms with Gasteiger partial charge in [-0.3, -0.25) is 0 Å². The first kappa shape index (κ1) is 12.4. The minimum Gasteiger partial charge on any atom is -0.672 e. The molecule has 1 N–H and O–H groups in total. The van der Waals surface area contributed by atoms with Crippen LogP contribution in [0.3, 0.4) is 0 Å². The SMILES string of the molecule is CC(C)(C)C(C)(C)[NH-].[Ti]. The maximum atomic E-state index is 7.58. The summed E-state index contributed by atoms with van der Waals surface area (Å²) in [6.07, 6.45) is 0. The van der Waals surface area contributed by atoms with Crippen LogP contribution in [0.15, 0.2) is 0 Å². The normalized spacial score (nSPS) is 12.7. The van der Waals surface area contributed by atoms with Crippen LogP contribution in [0.4, 0.5) is 0 Å². The van der Waals surface area contributed by atoms with Gasteiger partial charge in [-0.15, -0.1) is 5.54 Å². The minimum atomic E-state index is -0.312. The molecule has 0 atom stereocenters. The predicted octanol–water partition coefficient (Wildman–Crippen LogP) is 2.86. The minimum absolute atomic E-state index is 0. The van der Waals surface area contributed by atoms with Crippen LogP contribution in [0.1, 0.15) is 34.6 Å². The molecule has 0 saturated heterocycles. The average molecular weight is 162 g/mol. The van der Waals surface area contributed by atoms with Gasteiger partial charge in [-0.05, 0) is 0 Å². The second-order valence-electron chi connectivity index (χ2n) is 3.88.